The van der Waals surface area contributed by atoms with E-state index in [9.17, 15) is 13.6 Å². The van der Waals surface area contributed by atoms with Crippen molar-refractivity contribution in [3.05, 3.63) is 6.42 Å². The summed E-state index contributed by atoms with van der Waals surface area (Å²) in [6, 6.07) is 0. The van der Waals surface area contributed by atoms with Crippen LogP contribution >= 0.6 is 0 Å². The van der Waals surface area contributed by atoms with E-state index in [2.05, 4.69) is 0 Å². The van der Waals surface area contributed by atoms with Gasteiger partial charge in [0, 0.05) is 6.42 Å². The second kappa shape index (κ2) is 2.66. The van der Waals surface area contributed by atoms with Crippen LogP contribution in [0, 0.1) is 6.42 Å². The quantitative estimate of drug-likeness (QED) is 0.515. The standard InChI is InChI=1S/C4H5F2O/c1-2-3(7)4(5)6/h2,4H,1H3. The smallest absolute Gasteiger partial charge is 0.293 e. The zero-order valence-corrected chi connectivity index (χ0v) is 3.82. The highest BCUT2D eigenvalue weighted by Crippen LogP contribution is 1.94. The molecule has 0 atom stereocenters. The van der Waals surface area contributed by atoms with Crippen molar-refractivity contribution in [3.63, 3.8) is 0 Å². The molecule has 1 radical (unpaired) electrons. The summed E-state index contributed by atoms with van der Waals surface area (Å²) in [5, 5.41) is 0. The van der Waals surface area contributed by atoms with Gasteiger partial charge < -0.3 is 0 Å². The summed E-state index contributed by atoms with van der Waals surface area (Å²) in [6.07, 6.45) is -1.98. The normalized spacial score (nSPS) is 9.71. The molecule has 0 amide bonds. The van der Waals surface area contributed by atoms with Gasteiger partial charge in [0.2, 0.25) is 5.78 Å². The molecule has 41 valence electrons. The molecule has 0 rings (SSSR count). The molecule has 0 bridgehead atoms. The largest absolute Gasteiger partial charge is 0.296 e. The molecule has 0 N–H and O–H groups in total. The maximum absolute atomic E-state index is 11.0. The van der Waals surface area contributed by atoms with Gasteiger partial charge in [-0.1, -0.05) is 6.92 Å². The molecule has 0 fully saturated rings. The Morgan fingerprint density at radius 2 is 2.14 bits per heavy atom. The Balaban J connectivity index is 3.35. The lowest BCUT2D eigenvalue weighted by molar-refractivity contribution is -0.125. The van der Waals surface area contributed by atoms with E-state index in [1.54, 1.807) is 0 Å². The van der Waals surface area contributed by atoms with Crippen LogP contribution in [0.2, 0.25) is 0 Å². The van der Waals surface area contributed by atoms with Gasteiger partial charge in [0.05, 0.1) is 0 Å². The molecule has 0 aromatic rings. The summed E-state index contributed by atoms with van der Waals surface area (Å²) in [5.41, 5.74) is 0. The number of hydrogen-bond donors (Lipinski definition) is 0. The first-order valence-electron chi connectivity index (χ1n) is 1.80. The number of alkyl halides is 2. The minimum atomic E-state index is -2.83. The van der Waals surface area contributed by atoms with Crippen molar-refractivity contribution in [2.24, 2.45) is 0 Å². The van der Waals surface area contributed by atoms with Crippen molar-refractivity contribution < 1.29 is 13.6 Å². The molecule has 0 aromatic heterocycles. The third-order valence-corrected chi connectivity index (χ3v) is 0.500. The molecule has 7 heavy (non-hydrogen) atoms. The van der Waals surface area contributed by atoms with E-state index in [0.717, 1.165) is 6.42 Å². The topological polar surface area (TPSA) is 17.1 Å². The fourth-order valence-corrected chi connectivity index (χ4v) is 0.126. The predicted molar refractivity (Wildman–Crippen MR) is 21.0 cm³/mol. The number of carbonyl (C=O) groups is 1. The van der Waals surface area contributed by atoms with Crippen molar-refractivity contribution in [1.82, 2.24) is 0 Å². The molecular weight excluding hydrogens is 102 g/mol. The van der Waals surface area contributed by atoms with Gasteiger partial charge in [0.25, 0.3) is 6.43 Å². The summed E-state index contributed by atoms with van der Waals surface area (Å²) < 4.78 is 22.1. The van der Waals surface area contributed by atoms with Crippen molar-refractivity contribution in [1.29, 1.82) is 0 Å². The van der Waals surface area contributed by atoms with Gasteiger partial charge >= 0.3 is 0 Å². The molecule has 0 unspecified atom stereocenters. The Labute approximate surface area is 40.3 Å². The number of rotatable bonds is 2. The van der Waals surface area contributed by atoms with E-state index in [1.165, 1.54) is 6.92 Å². The fraction of sp³-hybridized carbons (Fsp3) is 0.500. The van der Waals surface area contributed by atoms with E-state index in [0.29, 0.717) is 0 Å². The van der Waals surface area contributed by atoms with Crippen LogP contribution in [0.1, 0.15) is 6.92 Å². The molecule has 0 spiro atoms. The first-order chi connectivity index (χ1) is 3.18. The van der Waals surface area contributed by atoms with E-state index in [1.807, 2.05) is 0 Å². The number of halogens is 2. The third-order valence-electron chi connectivity index (χ3n) is 0.500. The third kappa shape index (κ3) is 2.25. The molecule has 0 aromatic carbocycles. The van der Waals surface area contributed by atoms with E-state index < -0.39 is 12.2 Å². The minimum Gasteiger partial charge on any atom is -0.293 e. The van der Waals surface area contributed by atoms with E-state index >= 15 is 0 Å². The molecule has 3 heteroatoms. The van der Waals surface area contributed by atoms with Crippen LogP contribution in [0.5, 0.6) is 0 Å². The van der Waals surface area contributed by atoms with Crippen molar-refractivity contribution in [3.8, 4) is 0 Å². The van der Waals surface area contributed by atoms with Gasteiger partial charge in [0.1, 0.15) is 0 Å². The van der Waals surface area contributed by atoms with Crippen LogP contribution in [-0.4, -0.2) is 12.2 Å². The Kier molecular flexibility index (Phi) is 2.48. The monoisotopic (exact) mass is 107 g/mol. The van der Waals surface area contributed by atoms with Crippen molar-refractivity contribution >= 4 is 5.78 Å². The van der Waals surface area contributed by atoms with Gasteiger partial charge in [-0.05, 0) is 0 Å². The second-order valence-electron chi connectivity index (χ2n) is 0.992. The predicted octanol–water partition coefficient (Wildman–Crippen LogP) is 1.04. The zero-order valence-electron chi connectivity index (χ0n) is 3.82. The second-order valence-corrected chi connectivity index (χ2v) is 0.992. The highest BCUT2D eigenvalue weighted by atomic mass is 19.3. The van der Waals surface area contributed by atoms with Crippen LogP contribution in [0.25, 0.3) is 0 Å². The molecule has 0 heterocycles. The first-order valence-corrected chi connectivity index (χ1v) is 1.80. The number of ketones is 1. The maximum Gasteiger partial charge on any atom is 0.296 e. The average Bonchev–Trinajstić information content (AvgIpc) is 1.65. The molecule has 0 aliphatic heterocycles. The molecule has 0 aliphatic rings. The van der Waals surface area contributed by atoms with Crippen LogP contribution in [0.15, 0.2) is 0 Å². The molecular formula is C4H5F2O. The van der Waals surface area contributed by atoms with Crippen LogP contribution in [0.4, 0.5) is 8.78 Å². The highest BCUT2D eigenvalue weighted by molar-refractivity contribution is 5.89. The summed E-state index contributed by atoms with van der Waals surface area (Å²) in [6.45, 7) is 1.29. The molecule has 0 aliphatic carbocycles. The van der Waals surface area contributed by atoms with Gasteiger partial charge in [0.15, 0.2) is 0 Å². The first kappa shape index (κ1) is 6.53. The number of hydrogen-bond acceptors (Lipinski definition) is 1. The van der Waals surface area contributed by atoms with Gasteiger partial charge in [-0.3, -0.25) is 4.79 Å². The summed E-state index contributed by atoms with van der Waals surface area (Å²) >= 11 is 0. The van der Waals surface area contributed by atoms with Crippen LogP contribution in [-0.2, 0) is 4.79 Å². The lowest BCUT2D eigenvalue weighted by atomic mass is 10.3. The van der Waals surface area contributed by atoms with Gasteiger partial charge in [-0.15, -0.1) is 0 Å². The summed E-state index contributed by atoms with van der Waals surface area (Å²) in [5.74, 6) is -1.11. The molecule has 1 nitrogen and oxygen atoms in total. The van der Waals surface area contributed by atoms with E-state index in [4.69, 9.17) is 0 Å². The Morgan fingerprint density at radius 3 is 2.14 bits per heavy atom. The lowest BCUT2D eigenvalue weighted by Crippen LogP contribution is -2.07. The summed E-state index contributed by atoms with van der Waals surface area (Å²) in [7, 11) is 0. The Hall–Kier alpha value is -0.470. The van der Waals surface area contributed by atoms with Gasteiger partial charge in [-0.2, -0.15) is 0 Å². The lowest BCUT2D eigenvalue weighted by Gasteiger charge is -1.87. The van der Waals surface area contributed by atoms with Crippen molar-refractivity contribution in [2.75, 3.05) is 0 Å². The van der Waals surface area contributed by atoms with Crippen LogP contribution < -0.4 is 0 Å². The highest BCUT2D eigenvalue weighted by Gasteiger charge is 2.10. The number of carbonyl (C=O) groups excluding carboxylic acids is 1. The fourth-order valence-electron chi connectivity index (χ4n) is 0.126. The zero-order chi connectivity index (χ0) is 5.86. The SMILES string of the molecule is C[CH]C(=O)C(F)F. The van der Waals surface area contributed by atoms with Crippen LogP contribution in [0.3, 0.4) is 0 Å². The average molecular weight is 107 g/mol. The number of Topliss-reactive ketones (excluding diaryl/α,β-unsaturated/α-hetero) is 1. The molecule has 0 saturated carbocycles. The Bertz CT molecular complexity index is 70.1. The van der Waals surface area contributed by atoms with E-state index in [-0.39, 0.29) is 0 Å². The van der Waals surface area contributed by atoms with Gasteiger partial charge in [-0.25, -0.2) is 8.78 Å². The Morgan fingerprint density at radius 1 is 1.71 bits per heavy atom. The summed E-state index contributed by atoms with van der Waals surface area (Å²) in [4.78, 5) is 9.71. The minimum absolute atomic E-state index is 0.852. The maximum atomic E-state index is 11.0. The van der Waals surface area contributed by atoms with Crippen molar-refractivity contribution in [2.45, 2.75) is 13.3 Å². The molecule has 0 saturated heterocycles.